The predicted molar refractivity (Wildman–Crippen MR) is 91.0 cm³/mol. The highest BCUT2D eigenvalue weighted by molar-refractivity contribution is 5.92. The molecule has 0 aliphatic rings. The number of anilines is 1. The Morgan fingerprint density at radius 2 is 1.96 bits per heavy atom. The van der Waals surface area contributed by atoms with Crippen LogP contribution in [-0.2, 0) is 0 Å². The third-order valence-electron chi connectivity index (χ3n) is 3.37. The van der Waals surface area contributed by atoms with E-state index in [0.29, 0.717) is 18.1 Å². The standard InChI is InChI=1S/C17H24N4O2/c1-17(2,11-21(3)4)10-19-15(22)14-9-23-16(20-14)12-5-7-13(18)8-6-12/h5-9H,10-11,18H2,1-4H3,(H,19,22). The van der Waals surface area contributed by atoms with Crippen LogP contribution in [0.5, 0.6) is 0 Å². The molecule has 2 rings (SSSR count). The van der Waals surface area contributed by atoms with Crippen LogP contribution in [0.4, 0.5) is 5.69 Å². The summed E-state index contributed by atoms with van der Waals surface area (Å²) in [7, 11) is 4.03. The molecule has 0 bridgehead atoms. The van der Waals surface area contributed by atoms with E-state index in [4.69, 9.17) is 10.2 Å². The van der Waals surface area contributed by atoms with Crippen molar-refractivity contribution in [3.05, 3.63) is 36.2 Å². The monoisotopic (exact) mass is 316 g/mol. The van der Waals surface area contributed by atoms with E-state index < -0.39 is 0 Å². The van der Waals surface area contributed by atoms with Crippen molar-refractivity contribution in [2.45, 2.75) is 13.8 Å². The Morgan fingerprint density at radius 1 is 1.30 bits per heavy atom. The van der Waals surface area contributed by atoms with E-state index in [-0.39, 0.29) is 17.0 Å². The molecule has 0 saturated heterocycles. The van der Waals surface area contributed by atoms with Crippen LogP contribution in [0, 0.1) is 5.41 Å². The highest BCUT2D eigenvalue weighted by Gasteiger charge is 2.21. The lowest BCUT2D eigenvalue weighted by Gasteiger charge is -2.28. The average molecular weight is 316 g/mol. The van der Waals surface area contributed by atoms with Gasteiger partial charge in [0, 0.05) is 24.3 Å². The molecule has 0 atom stereocenters. The van der Waals surface area contributed by atoms with E-state index in [1.807, 2.05) is 26.2 Å². The second kappa shape index (κ2) is 6.83. The zero-order valence-corrected chi connectivity index (χ0v) is 14.1. The molecule has 23 heavy (non-hydrogen) atoms. The first kappa shape index (κ1) is 17.0. The molecule has 1 heterocycles. The molecule has 3 N–H and O–H groups in total. The molecule has 1 aromatic heterocycles. The van der Waals surface area contributed by atoms with Crippen LogP contribution in [0.25, 0.3) is 11.5 Å². The van der Waals surface area contributed by atoms with Crippen LogP contribution in [0.1, 0.15) is 24.3 Å². The number of aromatic nitrogens is 1. The van der Waals surface area contributed by atoms with Crippen molar-refractivity contribution in [2.75, 3.05) is 32.9 Å². The topological polar surface area (TPSA) is 84.4 Å². The summed E-state index contributed by atoms with van der Waals surface area (Å²) in [4.78, 5) is 18.5. The highest BCUT2D eigenvalue weighted by atomic mass is 16.3. The average Bonchev–Trinajstić information content (AvgIpc) is 2.94. The van der Waals surface area contributed by atoms with Crippen LogP contribution in [0.15, 0.2) is 34.9 Å². The molecular formula is C17H24N4O2. The van der Waals surface area contributed by atoms with Gasteiger partial charge in [-0.15, -0.1) is 0 Å². The molecule has 6 nitrogen and oxygen atoms in total. The molecule has 1 amide bonds. The number of hydrogen-bond donors (Lipinski definition) is 2. The Bertz CT molecular complexity index is 659. The number of nitrogen functional groups attached to an aromatic ring is 1. The minimum Gasteiger partial charge on any atom is -0.444 e. The maximum Gasteiger partial charge on any atom is 0.273 e. The molecular weight excluding hydrogens is 292 g/mol. The summed E-state index contributed by atoms with van der Waals surface area (Å²) in [5.74, 6) is 0.171. The van der Waals surface area contributed by atoms with Gasteiger partial charge in [-0.05, 0) is 43.8 Å². The first-order valence-electron chi connectivity index (χ1n) is 7.51. The van der Waals surface area contributed by atoms with Gasteiger partial charge in [0.1, 0.15) is 6.26 Å². The van der Waals surface area contributed by atoms with Gasteiger partial charge in [0.15, 0.2) is 5.69 Å². The zero-order valence-electron chi connectivity index (χ0n) is 14.1. The van der Waals surface area contributed by atoms with Crippen molar-refractivity contribution in [2.24, 2.45) is 5.41 Å². The molecule has 0 aliphatic heterocycles. The largest absolute Gasteiger partial charge is 0.444 e. The second-order valence-corrected chi connectivity index (χ2v) is 6.74. The number of rotatable bonds is 6. The van der Waals surface area contributed by atoms with E-state index in [1.165, 1.54) is 6.26 Å². The van der Waals surface area contributed by atoms with Crippen molar-refractivity contribution in [1.82, 2.24) is 15.2 Å². The molecule has 0 aliphatic carbocycles. The summed E-state index contributed by atoms with van der Waals surface area (Å²) in [5, 5.41) is 2.91. The normalized spacial score (nSPS) is 11.7. The number of nitrogens with zero attached hydrogens (tertiary/aromatic N) is 2. The lowest BCUT2D eigenvalue weighted by Crippen LogP contribution is -2.40. The number of amides is 1. The molecule has 1 aromatic carbocycles. The molecule has 6 heteroatoms. The van der Waals surface area contributed by atoms with E-state index in [2.05, 4.69) is 29.0 Å². The van der Waals surface area contributed by atoms with Crippen LogP contribution in [0.3, 0.4) is 0 Å². The molecule has 0 spiro atoms. The Labute approximate surface area is 136 Å². The Morgan fingerprint density at radius 3 is 2.57 bits per heavy atom. The van der Waals surface area contributed by atoms with Gasteiger partial charge in [-0.2, -0.15) is 0 Å². The van der Waals surface area contributed by atoms with Gasteiger partial charge in [0.2, 0.25) is 5.89 Å². The van der Waals surface area contributed by atoms with Gasteiger partial charge in [-0.25, -0.2) is 4.98 Å². The minimum atomic E-state index is -0.234. The van der Waals surface area contributed by atoms with E-state index in [0.717, 1.165) is 12.1 Å². The van der Waals surface area contributed by atoms with E-state index in [9.17, 15) is 4.79 Å². The fraction of sp³-hybridized carbons (Fsp3) is 0.412. The minimum absolute atomic E-state index is 0.0251. The molecule has 0 fully saturated rings. The molecule has 124 valence electrons. The quantitative estimate of drug-likeness (QED) is 0.798. The summed E-state index contributed by atoms with van der Waals surface area (Å²) >= 11 is 0. The van der Waals surface area contributed by atoms with Gasteiger partial charge < -0.3 is 20.4 Å². The number of oxazole rings is 1. The third kappa shape index (κ3) is 4.82. The third-order valence-corrected chi connectivity index (χ3v) is 3.37. The number of hydrogen-bond acceptors (Lipinski definition) is 5. The fourth-order valence-corrected chi connectivity index (χ4v) is 2.46. The Balaban J connectivity index is 2.00. The van der Waals surface area contributed by atoms with Crippen LogP contribution in [0.2, 0.25) is 0 Å². The number of benzene rings is 1. The Hall–Kier alpha value is -2.34. The van der Waals surface area contributed by atoms with Gasteiger partial charge in [-0.3, -0.25) is 4.79 Å². The zero-order chi connectivity index (χ0) is 17.0. The summed E-state index contributed by atoms with van der Waals surface area (Å²) in [6.45, 7) is 5.66. The summed E-state index contributed by atoms with van der Waals surface area (Å²) in [6.07, 6.45) is 1.37. The van der Waals surface area contributed by atoms with Gasteiger partial charge in [0.25, 0.3) is 5.91 Å². The SMILES string of the molecule is CN(C)CC(C)(C)CNC(=O)c1coc(-c2ccc(N)cc2)n1. The lowest BCUT2D eigenvalue weighted by atomic mass is 9.93. The van der Waals surface area contributed by atoms with Gasteiger partial charge in [-0.1, -0.05) is 13.8 Å². The maximum atomic E-state index is 12.2. The number of carbonyl (C=O) groups is 1. The van der Waals surface area contributed by atoms with Crippen molar-refractivity contribution in [3.8, 4) is 11.5 Å². The fourth-order valence-electron chi connectivity index (χ4n) is 2.46. The summed E-state index contributed by atoms with van der Waals surface area (Å²) in [6, 6.07) is 7.15. The number of nitrogens with one attached hydrogen (secondary N) is 1. The lowest BCUT2D eigenvalue weighted by molar-refractivity contribution is 0.0924. The van der Waals surface area contributed by atoms with Crippen LogP contribution < -0.4 is 11.1 Å². The predicted octanol–water partition coefficient (Wildman–Crippen LogP) is 2.24. The molecule has 2 aromatic rings. The Kier molecular flexibility index (Phi) is 5.05. The van der Waals surface area contributed by atoms with E-state index in [1.54, 1.807) is 12.1 Å². The first-order chi connectivity index (χ1) is 10.8. The second-order valence-electron chi connectivity index (χ2n) is 6.74. The van der Waals surface area contributed by atoms with Crippen LogP contribution >= 0.6 is 0 Å². The van der Waals surface area contributed by atoms with Gasteiger partial charge in [0.05, 0.1) is 0 Å². The summed E-state index contributed by atoms with van der Waals surface area (Å²) in [5.41, 5.74) is 7.36. The first-order valence-corrected chi connectivity index (χ1v) is 7.51. The number of carbonyl (C=O) groups excluding carboxylic acids is 1. The highest BCUT2D eigenvalue weighted by Crippen LogP contribution is 2.20. The van der Waals surface area contributed by atoms with Crippen molar-refractivity contribution in [3.63, 3.8) is 0 Å². The molecule has 0 saturated carbocycles. The van der Waals surface area contributed by atoms with Crippen LogP contribution in [-0.4, -0.2) is 43.0 Å². The van der Waals surface area contributed by atoms with Crippen molar-refractivity contribution in [1.29, 1.82) is 0 Å². The smallest absolute Gasteiger partial charge is 0.273 e. The van der Waals surface area contributed by atoms with Gasteiger partial charge >= 0.3 is 0 Å². The maximum absolute atomic E-state index is 12.2. The molecule has 0 unspecified atom stereocenters. The van der Waals surface area contributed by atoms with Crippen molar-refractivity contribution < 1.29 is 9.21 Å². The van der Waals surface area contributed by atoms with E-state index >= 15 is 0 Å². The van der Waals surface area contributed by atoms with Crippen molar-refractivity contribution >= 4 is 11.6 Å². The molecule has 0 radical (unpaired) electrons. The summed E-state index contributed by atoms with van der Waals surface area (Å²) < 4.78 is 5.39. The number of nitrogens with two attached hydrogens (primary N) is 1.